The summed E-state index contributed by atoms with van der Waals surface area (Å²) in [6.07, 6.45) is 6.03. The maximum atomic E-state index is 12.0. The van der Waals surface area contributed by atoms with Crippen LogP contribution in [0.5, 0.6) is 0 Å². The third-order valence-corrected chi connectivity index (χ3v) is 3.68. The van der Waals surface area contributed by atoms with Gasteiger partial charge < -0.3 is 15.5 Å². The van der Waals surface area contributed by atoms with Gasteiger partial charge in [-0.3, -0.25) is 4.79 Å². The van der Waals surface area contributed by atoms with E-state index >= 15 is 0 Å². The first kappa shape index (κ1) is 14.6. The predicted octanol–water partition coefficient (Wildman–Crippen LogP) is 2.01. The van der Waals surface area contributed by atoms with Crippen molar-refractivity contribution in [1.82, 2.24) is 10.3 Å². The molecule has 110 valence electrons. The van der Waals surface area contributed by atoms with E-state index < -0.39 is 0 Å². The van der Waals surface area contributed by atoms with Gasteiger partial charge in [0.05, 0.1) is 0 Å². The van der Waals surface area contributed by atoms with Gasteiger partial charge >= 0.3 is 0 Å². The zero-order valence-electron chi connectivity index (χ0n) is 12.4. The summed E-state index contributed by atoms with van der Waals surface area (Å²) in [5.41, 5.74) is 1.08. The molecule has 1 saturated heterocycles. The van der Waals surface area contributed by atoms with Crippen LogP contribution >= 0.6 is 0 Å². The van der Waals surface area contributed by atoms with E-state index in [2.05, 4.69) is 27.4 Å². The second-order valence-electron chi connectivity index (χ2n) is 5.15. The van der Waals surface area contributed by atoms with Crippen molar-refractivity contribution in [3.8, 4) is 0 Å². The minimum atomic E-state index is -0.0600. The highest BCUT2D eigenvalue weighted by Crippen LogP contribution is 2.26. The third kappa shape index (κ3) is 3.40. The molecule has 0 aromatic carbocycles. The highest BCUT2D eigenvalue weighted by molar-refractivity contribution is 5.85. The zero-order valence-corrected chi connectivity index (χ0v) is 12.4. The number of carbonyl (C=O) groups excluding carboxylic acids is 1. The van der Waals surface area contributed by atoms with Gasteiger partial charge in [0.1, 0.15) is 11.9 Å². The molecule has 1 amide bonds. The van der Waals surface area contributed by atoms with Crippen LogP contribution < -0.4 is 15.5 Å². The number of carbonyl (C=O) groups is 1. The summed E-state index contributed by atoms with van der Waals surface area (Å²) in [7, 11) is 1.70. The molecule has 5 heteroatoms. The Balaban J connectivity index is 2.16. The lowest BCUT2D eigenvalue weighted by atomic mass is 10.0. The van der Waals surface area contributed by atoms with Crippen molar-refractivity contribution in [2.45, 2.75) is 38.6 Å². The summed E-state index contributed by atoms with van der Waals surface area (Å²) in [4.78, 5) is 18.5. The van der Waals surface area contributed by atoms with E-state index in [0.717, 1.165) is 50.3 Å². The van der Waals surface area contributed by atoms with Crippen LogP contribution in [0.2, 0.25) is 0 Å². The Bertz CT molecular complexity index is 449. The first-order valence-corrected chi connectivity index (χ1v) is 7.44. The fraction of sp³-hybridized carbons (Fsp3) is 0.600. The number of aromatic nitrogens is 1. The summed E-state index contributed by atoms with van der Waals surface area (Å²) < 4.78 is 0. The third-order valence-electron chi connectivity index (χ3n) is 3.68. The lowest BCUT2D eigenvalue weighted by molar-refractivity contribution is -0.122. The number of anilines is 2. The normalized spacial score (nSPS) is 18.7. The lowest BCUT2D eigenvalue weighted by Crippen LogP contribution is -2.48. The van der Waals surface area contributed by atoms with Crippen LogP contribution in [-0.4, -0.2) is 37.1 Å². The summed E-state index contributed by atoms with van der Waals surface area (Å²) in [5.74, 6) is 0.982. The molecular formula is C15H24N4O. The van der Waals surface area contributed by atoms with Crippen molar-refractivity contribution in [3.63, 3.8) is 0 Å². The molecule has 2 heterocycles. The van der Waals surface area contributed by atoms with Crippen molar-refractivity contribution in [2.75, 3.05) is 30.4 Å². The smallest absolute Gasteiger partial charge is 0.242 e. The molecule has 0 radical (unpaired) electrons. The highest BCUT2D eigenvalue weighted by atomic mass is 16.2. The molecule has 0 spiro atoms. The molecule has 1 unspecified atom stereocenters. The Kier molecular flexibility index (Phi) is 5.21. The van der Waals surface area contributed by atoms with Crippen LogP contribution in [0.4, 0.5) is 11.5 Å². The molecule has 20 heavy (non-hydrogen) atoms. The Morgan fingerprint density at radius 2 is 2.35 bits per heavy atom. The van der Waals surface area contributed by atoms with E-state index in [0.29, 0.717) is 0 Å². The molecule has 2 rings (SSSR count). The zero-order chi connectivity index (χ0) is 14.4. The first-order valence-electron chi connectivity index (χ1n) is 7.44. The minimum absolute atomic E-state index is 0.0600. The van der Waals surface area contributed by atoms with Crippen molar-refractivity contribution in [1.29, 1.82) is 0 Å². The van der Waals surface area contributed by atoms with Crippen molar-refractivity contribution >= 4 is 17.4 Å². The summed E-state index contributed by atoms with van der Waals surface area (Å²) in [5, 5.41) is 6.06. The van der Waals surface area contributed by atoms with Gasteiger partial charge in [0, 0.05) is 38.1 Å². The number of likely N-dealkylation sites (N-methyl/N-ethyl adjacent to an activating group) is 1. The standard InChI is InChI=1S/C15H24N4O/c1-3-8-17-14-11-12(7-9-18-14)19-10-5-4-6-13(19)15(20)16-2/h7,9,11,13H,3-6,8,10H2,1-2H3,(H,16,20)(H,17,18). The van der Waals surface area contributed by atoms with E-state index in [1.54, 1.807) is 7.05 Å². The Hall–Kier alpha value is -1.78. The Morgan fingerprint density at radius 3 is 3.10 bits per heavy atom. The summed E-state index contributed by atoms with van der Waals surface area (Å²) in [6.45, 7) is 3.97. The van der Waals surface area contributed by atoms with Crippen LogP contribution in [-0.2, 0) is 4.79 Å². The van der Waals surface area contributed by atoms with Crippen LogP contribution in [0.15, 0.2) is 18.3 Å². The van der Waals surface area contributed by atoms with Crippen molar-refractivity contribution in [3.05, 3.63) is 18.3 Å². The predicted molar refractivity (Wildman–Crippen MR) is 82.1 cm³/mol. The molecule has 0 saturated carbocycles. The molecule has 0 aliphatic carbocycles. The van der Waals surface area contributed by atoms with Gasteiger partial charge in [0.2, 0.25) is 5.91 Å². The fourth-order valence-corrected chi connectivity index (χ4v) is 2.63. The summed E-state index contributed by atoms with van der Waals surface area (Å²) in [6, 6.07) is 3.96. The quantitative estimate of drug-likeness (QED) is 0.864. The maximum absolute atomic E-state index is 12.0. The Morgan fingerprint density at radius 1 is 1.50 bits per heavy atom. The van der Waals surface area contributed by atoms with Gasteiger partial charge in [-0.2, -0.15) is 0 Å². The van der Waals surface area contributed by atoms with Crippen molar-refractivity contribution < 1.29 is 4.79 Å². The number of hydrogen-bond donors (Lipinski definition) is 2. The van der Waals surface area contributed by atoms with Gasteiger partial charge in [-0.05, 0) is 31.7 Å². The highest BCUT2D eigenvalue weighted by Gasteiger charge is 2.28. The first-order chi connectivity index (χ1) is 9.76. The average molecular weight is 276 g/mol. The van der Waals surface area contributed by atoms with Gasteiger partial charge in [0.15, 0.2) is 0 Å². The summed E-state index contributed by atoms with van der Waals surface area (Å²) >= 11 is 0. The molecule has 2 N–H and O–H groups in total. The number of hydrogen-bond acceptors (Lipinski definition) is 4. The molecule has 0 bridgehead atoms. The molecule has 1 fully saturated rings. The van der Waals surface area contributed by atoms with E-state index in [9.17, 15) is 4.79 Å². The molecular weight excluding hydrogens is 252 g/mol. The lowest BCUT2D eigenvalue weighted by Gasteiger charge is -2.36. The second kappa shape index (κ2) is 7.12. The number of pyridine rings is 1. The average Bonchev–Trinajstić information content (AvgIpc) is 2.52. The molecule has 1 aliphatic rings. The molecule has 1 aromatic heterocycles. The van der Waals surface area contributed by atoms with Crippen LogP contribution in [0.25, 0.3) is 0 Å². The topological polar surface area (TPSA) is 57.3 Å². The fourth-order valence-electron chi connectivity index (χ4n) is 2.63. The SMILES string of the molecule is CCCNc1cc(N2CCCCC2C(=O)NC)ccn1. The molecule has 5 nitrogen and oxygen atoms in total. The van der Waals surface area contributed by atoms with Crippen LogP contribution in [0.3, 0.4) is 0 Å². The van der Waals surface area contributed by atoms with Gasteiger partial charge in [0.25, 0.3) is 0 Å². The molecule has 1 aromatic rings. The van der Waals surface area contributed by atoms with Crippen LogP contribution in [0.1, 0.15) is 32.6 Å². The van der Waals surface area contributed by atoms with Gasteiger partial charge in [-0.1, -0.05) is 6.92 Å². The molecule has 1 atom stereocenters. The Labute approximate surface area is 120 Å². The monoisotopic (exact) mass is 276 g/mol. The van der Waals surface area contributed by atoms with Crippen LogP contribution in [0, 0.1) is 0 Å². The van der Waals surface area contributed by atoms with Gasteiger partial charge in [-0.15, -0.1) is 0 Å². The van der Waals surface area contributed by atoms with E-state index in [4.69, 9.17) is 0 Å². The largest absolute Gasteiger partial charge is 0.370 e. The van der Waals surface area contributed by atoms with E-state index in [1.165, 1.54) is 0 Å². The van der Waals surface area contributed by atoms with E-state index in [1.807, 2.05) is 18.3 Å². The van der Waals surface area contributed by atoms with Crippen molar-refractivity contribution in [2.24, 2.45) is 0 Å². The number of nitrogens with zero attached hydrogens (tertiary/aromatic N) is 2. The number of amides is 1. The second-order valence-corrected chi connectivity index (χ2v) is 5.15. The number of rotatable bonds is 5. The number of piperidine rings is 1. The van der Waals surface area contributed by atoms with Gasteiger partial charge in [-0.25, -0.2) is 4.98 Å². The number of nitrogens with one attached hydrogen (secondary N) is 2. The van der Waals surface area contributed by atoms with E-state index in [-0.39, 0.29) is 11.9 Å². The molecule has 1 aliphatic heterocycles. The minimum Gasteiger partial charge on any atom is -0.370 e. The maximum Gasteiger partial charge on any atom is 0.242 e.